The van der Waals surface area contributed by atoms with Crippen LogP contribution < -0.4 is 15.5 Å². The van der Waals surface area contributed by atoms with Crippen LogP contribution in [0.25, 0.3) is 0 Å². The molecule has 1 unspecified atom stereocenters. The van der Waals surface area contributed by atoms with Gasteiger partial charge in [0.15, 0.2) is 0 Å². The number of hydrogen-bond donors (Lipinski definition) is 2. The quantitative estimate of drug-likeness (QED) is 0.786. The summed E-state index contributed by atoms with van der Waals surface area (Å²) < 4.78 is 0. The third-order valence-corrected chi connectivity index (χ3v) is 3.84. The number of rotatable bonds is 3. The maximum atomic E-state index is 9.20. The van der Waals surface area contributed by atoms with Crippen LogP contribution in [-0.4, -0.2) is 52.8 Å². The molecule has 7 heteroatoms. The zero-order valence-electron chi connectivity index (χ0n) is 11.0. The summed E-state index contributed by atoms with van der Waals surface area (Å²) in [5.74, 6) is 1.92. The van der Waals surface area contributed by atoms with Gasteiger partial charge in [-0.1, -0.05) is 0 Å². The molecule has 1 aromatic rings. The Hall–Kier alpha value is -1.63. The van der Waals surface area contributed by atoms with Crippen LogP contribution in [0.3, 0.4) is 0 Å². The summed E-state index contributed by atoms with van der Waals surface area (Å²) in [5, 5.41) is 9.20. The highest BCUT2D eigenvalue weighted by Crippen LogP contribution is 2.23. The number of nitrogens with two attached hydrogens (primary N) is 1. The topological polar surface area (TPSA) is 91.4 Å². The fourth-order valence-electron chi connectivity index (χ4n) is 2.73. The fraction of sp³-hybridized carbons (Fsp3) is 0.750. The van der Waals surface area contributed by atoms with Crippen molar-refractivity contribution in [1.29, 1.82) is 0 Å². The average molecular weight is 264 g/mol. The zero-order valence-corrected chi connectivity index (χ0v) is 11.0. The Morgan fingerprint density at radius 3 is 2.37 bits per heavy atom. The van der Waals surface area contributed by atoms with Crippen LogP contribution in [0, 0.1) is 5.92 Å². The number of aliphatic hydroxyl groups is 1. The molecule has 3 rings (SSSR count). The van der Waals surface area contributed by atoms with E-state index in [1.807, 2.05) is 0 Å². The Labute approximate surface area is 112 Å². The van der Waals surface area contributed by atoms with E-state index in [1.54, 1.807) is 0 Å². The van der Waals surface area contributed by atoms with Gasteiger partial charge in [0.1, 0.15) is 0 Å². The molecular formula is C12H20N6O. The molecule has 2 fully saturated rings. The number of aromatic nitrogens is 3. The fourth-order valence-corrected chi connectivity index (χ4v) is 2.73. The molecule has 3 N–H and O–H groups in total. The van der Waals surface area contributed by atoms with Gasteiger partial charge in [-0.2, -0.15) is 15.0 Å². The lowest BCUT2D eigenvalue weighted by Crippen LogP contribution is -2.27. The largest absolute Gasteiger partial charge is 0.396 e. The molecule has 1 atom stereocenters. The molecule has 1 aromatic heterocycles. The molecule has 0 aliphatic carbocycles. The number of hydrogen-bond acceptors (Lipinski definition) is 7. The Bertz CT molecular complexity index is 448. The second kappa shape index (κ2) is 5.16. The van der Waals surface area contributed by atoms with Crippen LogP contribution in [0.15, 0.2) is 0 Å². The minimum absolute atomic E-state index is 0.218. The summed E-state index contributed by atoms with van der Waals surface area (Å²) in [7, 11) is 0. The predicted octanol–water partition coefficient (Wildman–Crippen LogP) is -0.127. The Morgan fingerprint density at radius 1 is 1.05 bits per heavy atom. The summed E-state index contributed by atoms with van der Waals surface area (Å²) >= 11 is 0. The summed E-state index contributed by atoms with van der Waals surface area (Å²) in [6.07, 6.45) is 3.33. The smallest absolute Gasteiger partial charge is 0.231 e. The first kappa shape index (κ1) is 12.4. The Balaban J connectivity index is 1.81. The van der Waals surface area contributed by atoms with E-state index in [9.17, 15) is 5.11 Å². The van der Waals surface area contributed by atoms with Crippen LogP contribution in [0.4, 0.5) is 17.8 Å². The minimum atomic E-state index is 0.218. The molecule has 2 aliphatic heterocycles. The van der Waals surface area contributed by atoms with Gasteiger partial charge in [0.25, 0.3) is 0 Å². The van der Waals surface area contributed by atoms with Crippen LogP contribution in [0.2, 0.25) is 0 Å². The van der Waals surface area contributed by atoms with E-state index in [-0.39, 0.29) is 12.6 Å². The lowest BCUT2D eigenvalue weighted by Gasteiger charge is -2.20. The van der Waals surface area contributed by atoms with E-state index in [0.717, 1.165) is 32.6 Å². The van der Waals surface area contributed by atoms with E-state index in [0.29, 0.717) is 17.8 Å². The number of nitrogen functional groups attached to an aromatic ring is 1. The third kappa shape index (κ3) is 2.56. The molecular weight excluding hydrogens is 244 g/mol. The molecule has 2 aliphatic rings. The van der Waals surface area contributed by atoms with Gasteiger partial charge in [0, 0.05) is 38.7 Å². The van der Waals surface area contributed by atoms with Crippen LogP contribution in [0.5, 0.6) is 0 Å². The summed E-state index contributed by atoms with van der Waals surface area (Å²) in [6, 6.07) is 0. The van der Waals surface area contributed by atoms with Gasteiger partial charge in [-0.3, -0.25) is 0 Å². The third-order valence-electron chi connectivity index (χ3n) is 3.84. The van der Waals surface area contributed by atoms with Crippen LogP contribution in [0.1, 0.15) is 19.3 Å². The van der Waals surface area contributed by atoms with Crippen molar-refractivity contribution in [2.45, 2.75) is 19.3 Å². The van der Waals surface area contributed by atoms with Crippen molar-refractivity contribution < 1.29 is 5.11 Å². The van der Waals surface area contributed by atoms with Gasteiger partial charge >= 0.3 is 0 Å². The van der Waals surface area contributed by atoms with Crippen LogP contribution in [-0.2, 0) is 0 Å². The molecule has 2 saturated heterocycles. The molecule has 19 heavy (non-hydrogen) atoms. The monoisotopic (exact) mass is 264 g/mol. The standard InChI is InChI=1S/C12H20N6O/c13-10-14-11(17-4-1-2-5-17)16-12(15-10)18-6-3-9(7-18)8-19/h9,19H,1-8H2,(H2,13,14,15,16). The number of nitrogens with zero attached hydrogens (tertiary/aromatic N) is 5. The maximum Gasteiger partial charge on any atom is 0.231 e. The highest BCUT2D eigenvalue weighted by molar-refractivity contribution is 5.44. The first-order valence-electron chi connectivity index (χ1n) is 6.88. The summed E-state index contributed by atoms with van der Waals surface area (Å²) in [6.45, 7) is 3.86. The summed E-state index contributed by atoms with van der Waals surface area (Å²) in [5.41, 5.74) is 5.80. The van der Waals surface area contributed by atoms with Crippen molar-refractivity contribution in [3.8, 4) is 0 Å². The van der Waals surface area contributed by atoms with Crippen molar-refractivity contribution in [2.75, 3.05) is 48.3 Å². The number of anilines is 3. The summed E-state index contributed by atoms with van der Waals surface area (Å²) in [4.78, 5) is 17.2. The average Bonchev–Trinajstić information content (AvgIpc) is 3.09. The second-order valence-corrected chi connectivity index (χ2v) is 5.27. The maximum absolute atomic E-state index is 9.20. The SMILES string of the molecule is Nc1nc(N2CCCC2)nc(N2CCC(CO)C2)n1. The Kier molecular flexibility index (Phi) is 3.37. The molecule has 0 radical (unpaired) electrons. The first-order valence-corrected chi connectivity index (χ1v) is 6.88. The Morgan fingerprint density at radius 2 is 1.74 bits per heavy atom. The van der Waals surface area contributed by atoms with Crippen molar-refractivity contribution in [1.82, 2.24) is 15.0 Å². The van der Waals surface area contributed by atoms with E-state index in [1.165, 1.54) is 12.8 Å². The molecule has 0 amide bonds. The van der Waals surface area contributed by atoms with Crippen molar-refractivity contribution >= 4 is 17.8 Å². The van der Waals surface area contributed by atoms with E-state index in [4.69, 9.17) is 5.73 Å². The molecule has 0 spiro atoms. The molecule has 104 valence electrons. The van der Waals surface area contributed by atoms with Crippen molar-refractivity contribution in [3.05, 3.63) is 0 Å². The minimum Gasteiger partial charge on any atom is -0.396 e. The molecule has 0 saturated carbocycles. The number of aliphatic hydroxyl groups excluding tert-OH is 1. The highest BCUT2D eigenvalue weighted by atomic mass is 16.3. The van der Waals surface area contributed by atoms with Gasteiger partial charge in [-0.25, -0.2) is 0 Å². The van der Waals surface area contributed by atoms with Gasteiger partial charge in [-0.05, 0) is 19.3 Å². The predicted molar refractivity (Wildman–Crippen MR) is 73.1 cm³/mol. The molecule has 7 nitrogen and oxygen atoms in total. The van der Waals surface area contributed by atoms with Gasteiger partial charge in [0.05, 0.1) is 0 Å². The molecule has 0 bridgehead atoms. The lowest BCUT2D eigenvalue weighted by atomic mass is 10.1. The highest BCUT2D eigenvalue weighted by Gasteiger charge is 2.25. The second-order valence-electron chi connectivity index (χ2n) is 5.27. The van der Waals surface area contributed by atoms with Gasteiger partial charge in [0.2, 0.25) is 17.8 Å². The molecule has 3 heterocycles. The molecule has 0 aromatic carbocycles. The van der Waals surface area contributed by atoms with E-state index in [2.05, 4.69) is 24.8 Å². The van der Waals surface area contributed by atoms with Crippen molar-refractivity contribution in [2.24, 2.45) is 5.92 Å². The van der Waals surface area contributed by atoms with Gasteiger partial charge < -0.3 is 20.6 Å². The van der Waals surface area contributed by atoms with Gasteiger partial charge in [-0.15, -0.1) is 0 Å². The van der Waals surface area contributed by atoms with E-state index >= 15 is 0 Å². The van der Waals surface area contributed by atoms with E-state index < -0.39 is 0 Å². The lowest BCUT2D eigenvalue weighted by molar-refractivity contribution is 0.238. The van der Waals surface area contributed by atoms with Crippen LogP contribution >= 0.6 is 0 Å². The zero-order chi connectivity index (χ0) is 13.2. The normalized spacial score (nSPS) is 23.3. The first-order chi connectivity index (χ1) is 9.26. The van der Waals surface area contributed by atoms with Crippen molar-refractivity contribution in [3.63, 3.8) is 0 Å².